The Morgan fingerprint density at radius 2 is 1.10 bits per heavy atom. The third kappa shape index (κ3) is 2.11. The van der Waals surface area contributed by atoms with E-state index in [1.165, 1.54) is 48.5 Å². The first-order valence-corrected chi connectivity index (χ1v) is 10.5. The van der Waals surface area contributed by atoms with Crippen molar-refractivity contribution >= 4 is 65.0 Å². The summed E-state index contributed by atoms with van der Waals surface area (Å²) >= 11 is 0. The summed E-state index contributed by atoms with van der Waals surface area (Å²) in [6, 6.07) is 32.0. The fourth-order valence-electron chi connectivity index (χ4n) is 5.22. The van der Waals surface area contributed by atoms with Gasteiger partial charge in [-0.05, 0) is 50.5 Å². The molecule has 0 saturated heterocycles. The summed E-state index contributed by atoms with van der Waals surface area (Å²) in [5.41, 5.74) is 1.89. The van der Waals surface area contributed by atoms with Crippen LogP contribution < -0.4 is 4.74 Å². The highest BCUT2D eigenvalue weighted by molar-refractivity contribution is 6.41. The molecule has 2 heteroatoms. The molecule has 0 radical (unpaired) electrons. The molecule has 2 nitrogen and oxygen atoms in total. The van der Waals surface area contributed by atoms with Crippen LogP contribution >= 0.6 is 0 Å². The van der Waals surface area contributed by atoms with Gasteiger partial charge in [0.05, 0.1) is 7.11 Å². The molecule has 0 aliphatic carbocycles. The van der Waals surface area contributed by atoms with Crippen LogP contribution in [0.4, 0.5) is 0 Å². The number of fused-ring (bicyclic) bond motifs is 13. The van der Waals surface area contributed by atoms with E-state index in [9.17, 15) is 0 Å². The molecule has 7 aromatic rings. The minimum atomic E-state index is 0.867. The Morgan fingerprint density at radius 3 is 1.84 bits per heavy atom. The molecule has 0 aliphatic heterocycles. The quantitative estimate of drug-likeness (QED) is 0.260. The Bertz CT molecular complexity index is 1820. The topological polar surface area (TPSA) is 22.4 Å². The zero-order valence-corrected chi connectivity index (χ0v) is 17.0. The van der Waals surface area contributed by atoms with Crippen LogP contribution in [0.2, 0.25) is 0 Å². The molecular formula is C29H18O2. The molecule has 0 atom stereocenters. The smallest absolute Gasteiger partial charge is 0.144 e. The summed E-state index contributed by atoms with van der Waals surface area (Å²) in [6.45, 7) is 0. The summed E-state index contributed by atoms with van der Waals surface area (Å²) < 4.78 is 12.1. The second-order valence-corrected chi connectivity index (χ2v) is 8.06. The largest absolute Gasteiger partial charge is 0.497 e. The van der Waals surface area contributed by atoms with Crippen LogP contribution in [-0.2, 0) is 0 Å². The summed E-state index contributed by atoms with van der Waals surface area (Å²) in [5.74, 6) is 0.867. The van der Waals surface area contributed by atoms with Crippen LogP contribution in [0.5, 0.6) is 5.75 Å². The first-order chi connectivity index (χ1) is 15.3. The van der Waals surface area contributed by atoms with E-state index >= 15 is 0 Å². The third-order valence-electron chi connectivity index (χ3n) is 6.52. The number of ether oxygens (including phenoxy) is 1. The van der Waals surface area contributed by atoms with E-state index in [-0.39, 0.29) is 0 Å². The van der Waals surface area contributed by atoms with Gasteiger partial charge >= 0.3 is 0 Å². The molecule has 1 aromatic heterocycles. The molecule has 0 amide bonds. The Kier molecular flexibility index (Phi) is 3.23. The maximum absolute atomic E-state index is 6.55. The van der Waals surface area contributed by atoms with Gasteiger partial charge in [-0.3, -0.25) is 0 Å². The maximum atomic E-state index is 6.55. The average Bonchev–Trinajstić information content (AvgIpc) is 3.23. The van der Waals surface area contributed by atoms with Crippen molar-refractivity contribution in [3.63, 3.8) is 0 Å². The SMILES string of the molecule is COc1ccc2c(c1)c1ccccc1c1c3oc4ccccc4c3c3ccccc3c21. The van der Waals surface area contributed by atoms with Gasteiger partial charge in [-0.15, -0.1) is 0 Å². The number of furan rings is 1. The molecule has 0 saturated carbocycles. The highest BCUT2D eigenvalue weighted by Crippen LogP contribution is 2.46. The molecule has 1 heterocycles. The van der Waals surface area contributed by atoms with Crippen molar-refractivity contribution in [2.75, 3.05) is 7.11 Å². The number of benzene rings is 6. The first kappa shape index (κ1) is 16.7. The molecule has 0 spiro atoms. The summed E-state index contributed by atoms with van der Waals surface area (Å²) in [5, 5.41) is 12.1. The van der Waals surface area contributed by atoms with E-state index in [2.05, 4.69) is 78.9 Å². The number of hydrogen-bond acceptors (Lipinski definition) is 2. The van der Waals surface area contributed by atoms with Gasteiger partial charge in [0.2, 0.25) is 0 Å². The minimum Gasteiger partial charge on any atom is -0.497 e. The molecule has 0 unspecified atom stereocenters. The monoisotopic (exact) mass is 398 g/mol. The second kappa shape index (κ2) is 5.99. The Hall–Kier alpha value is -4.04. The van der Waals surface area contributed by atoms with Crippen molar-refractivity contribution in [2.24, 2.45) is 0 Å². The first-order valence-electron chi connectivity index (χ1n) is 10.5. The predicted octanol–water partition coefficient (Wildman–Crippen LogP) is 8.21. The summed E-state index contributed by atoms with van der Waals surface area (Å²) in [7, 11) is 1.72. The van der Waals surface area contributed by atoms with Crippen LogP contribution in [0, 0.1) is 0 Å². The van der Waals surface area contributed by atoms with Crippen molar-refractivity contribution in [3.05, 3.63) is 91.0 Å². The van der Waals surface area contributed by atoms with Crippen molar-refractivity contribution in [2.45, 2.75) is 0 Å². The van der Waals surface area contributed by atoms with Gasteiger partial charge in [-0.25, -0.2) is 0 Å². The predicted molar refractivity (Wildman–Crippen MR) is 130 cm³/mol. The van der Waals surface area contributed by atoms with Crippen LogP contribution in [0.1, 0.15) is 0 Å². The fourth-order valence-corrected chi connectivity index (χ4v) is 5.22. The average molecular weight is 398 g/mol. The lowest BCUT2D eigenvalue weighted by atomic mass is 9.89. The van der Waals surface area contributed by atoms with Crippen LogP contribution in [0.25, 0.3) is 65.0 Å². The van der Waals surface area contributed by atoms with E-state index in [0.29, 0.717) is 0 Å². The third-order valence-corrected chi connectivity index (χ3v) is 6.52. The lowest BCUT2D eigenvalue weighted by Gasteiger charge is -2.14. The molecule has 146 valence electrons. The molecule has 0 aliphatic rings. The van der Waals surface area contributed by atoms with Crippen LogP contribution in [0.3, 0.4) is 0 Å². The van der Waals surface area contributed by atoms with Gasteiger partial charge in [-0.2, -0.15) is 0 Å². The van der Waals surface area contributed by atoms with E-state index < -0.39 is 0 Å². The molecule has 0 bridgehead atoms. The lowest BCUT2D eigenvalue weighted by Crippen LogP contribution is -1.88. The number of methoxy groups -OCH3 is 1. The lowest BCUT2D eigenvalue weighted by molar-refractivity contribution is 0.415. The van der Waals surface area contributed by atoms with Gasteiger partial charge in [0.25, 0.3) is 0 Å². The van der Waals surface area contributed by atoms with Crippen molar-refractivity contribution in [1.82, 2.24) is 0 Å². The fraction of sp³-hybridized carbons (Fsp3) is 0.0345. The summed E-state index contributed by atoms with van der Waals surface area (Å²) in [6.07, 6.45) is 0. The van der Waals surface area contributed by atoms with Gasteiger partial charge < -0.3 is 9.15 Å². The van der Waals surface area contributed by atoms with E-state index in [0.717, 1.165) is 22.3 Å². The molecule has 31 heavy (non-hydrogen) atoms. The van der Waals surface area contributed by atoms with Gasteiger partial charge in [-0.1, -0.05) is 72.8 Å². The van der Waals surface area contributed by atoms with Gasteiger partial charge in [0.1, 0.15) is 16.9 Å². The molecule has 0 fully saturated rings. The van der Waals surface area contributed by atoms with Crippen LogP contribution in [0.15, 0.2) is 95.4 Å². The van der Waals surface area contributed by atoms with Crippen molar-refractivity contribution in [3.8, 4) is 5.75 Å². The van der Waals surface area contributed by atoms with Crippen molar-refractivity contribution < 1.29 is 9.15 Å². The normalized spacial score (nSPS) is 12.0. The number of para-hydroxylation sites is 1. The van der Waals surface area contributed by atoms with E-state index in [1.807, 2.05) is 12.1 Å². The van der Waals surface area contributed by atoms with Crippen LogP contribution in [-0.4, -0.2) is 7.11 Å². The molecule has 6 aromatic carbocycles. The highest BCUT2D eigenvalue weighted by atomic mass is 16.5. The highest BCUT2D eigenvalue weighted by Gasteiger charge is 2.20. The number of rotatable bonds is 1. The zero-order chi connectivity index (χ0) is 20.5. The Labute approximate surface area is 178 Å². The number of hydrogen-bond donors (Lipinski definition) is 0. The standard InChI is InChI=1S/C29H18O2/c1-30-17-14-15-22-24(16-17)18-8-2-3-9-19(18)28-26(22)20-10-4-5-11-21(20)27-23-12-6-7-13-25(23)31-29(27)28/h2-16H,1H3. The summed E-state index contributed by atoms with van der Waals surface area (Å²) in [4.78, 5) is 0. The van der Waals surface area contributed by atoms with Crippen molar-refractivity contribution in [1.29, 1.82) is 0 Å². The second-order valence-electron chi connectivity index (χ2n) is 8.06. The minimum absolute atomic E-state index is 0.867. The molecule has 0 N–H and O–H groups in total. The molecule has 7 rings (SSSR count). The van der Waals surface area contributed by atoms with Gasteiger partial charge in [0, 0.05) is 21.5 Å². The van der Waals surface area contributed by atoms with E-state index in [1.54, 1.807) is 7.11 Å². The van der Waals surface area contributed by atoms with E-state index in [4.69, 9.17) is 9.15 Å². The maximum Gasteiger partial charge on any atom is 0.144 e. The molecular weight excluding hydrogens is 380 g/mol. The van der Waals surface area contributed by atoms with Gasteiger partial charge in [0.15, 0.2) is 0 Å². The Balaban J connectivity index is 1.92. The Morgan fingerprint density at radius 1 is 0.516 bits per heavy atom. The zero-order valence-electron chi connectivity index (χ0n) is 17.0.